The van der Waals surface area contributed by atoms with Gasteiger partial charge in [-0.3, -0.25) is 4.79 Å². The molecular weight excluding hydrogens is 1360 g/mol. The van der Waals surface area contributed by atoms with Gasteiger partial charge in [0.15, 0.2) is 18.9 Å². The first kappa shape index (κ1) is 98.4. The number of ether oxygens (including phenoxy) is 6. The zero-order chi connectivity index (χ0) is 77.4. The Balaban J connectivity index is 1.36. The fourth-order valence-electron chi connectivity index (χ4n) is 14.5. The molecule has 0 aliphatic carbocycles. The van der Waals surface area contributed by atoms with Crippen LogP contribution in [-0.4, -0.2) is 193 Å². The van der Waals surface area contributed by atoms with Crippen molar-refractivity contribution < 1.29 is 89.4 Å². The Kier molecular flexibility index (Phi) is 62.3. The molecule has 19 heteroatoms. The minimum Gasteiger partial charge on any atom is -0.394 e. The number of rotatable bonds is 70. The number of aliphatic hydroxyl groups is 11. The first-order valence-corrected chi connectivity index (χ1v) is 43.7. The Morgan fingerprint density at radius 2 is 0.626 bits per heavy atom. The molecule has 3 aliphatic rings. The van der Waals surface area contributed by atoms with Gasteiger partial charge in [-0.15, -0.1) is 0 Å². The number of unbranched alkanes of at least 4 members (excludes halogenated alkanes) is 44. The van der Waals surface area contributed by atoms with Crippen LogP contribution in [0.1, 0.15) is 348 Å². The highest BCUT2D eigenvalue weighted by Gasteiger charge is 2.54. The van der Waals surface area contributed by atoms with E-state index < -0.39 is 124 Å². The second-order valence-corrected chi connectivity index (χ2v) is 31.0. The van der Waals surface area contributed by atoms with Crippen LogP contribution in [0.2, 0.25) is 0 Å². The molecule has 3 aliphatic heterocycles. The summed E-state index contributed by atoms with van der Waals surface area (Å²) in [7, 11) is 0. The molecule has 0 bridgehead atoms. The molecule has 0 aromatic rings. The highest BCUT2D eigenvalue weighted by Crippen LogP contribution is 2.33. The fourth-order valence-corrected chi connectivity index (χ4v) is 14.5. The van der Waals surface area contributed by atoms with Crippen LogP contribution in [-0.2, 0) is 33.2 Å². The van der Waals surface area contributed by atoms with Crippen molar-refractivity contribution in [3.8, 4) is 0 Å². The number of nitrogens with one attached hydrogen (secondary N) is 1. The minimum absolute atomic E-state index is 0.231. The summed E-state index contributed by atoms with van der Waals surface area (Å²) in [5.41, 5.74) is 0. The molecule has 0 radical (unpaired) electrons. The van der Waals surface area contributed by atoms with E-state index >= 15 is 0 Å². The molecule has 0 spiro atoms. The summed E-state index contributed by atoms with van der Waals surface area (Å²) < 4.78 is 34.5. The molecule has 0 aromatic carbocycles. The molecule has 17 unspecified atom stereocenters. The maximum Gasteiger partial charge on any atom is 0.220 e. The molecule has 3 fully saturated rings. The van der Waals surface area contributed by atoms with Gasteiger partial charge in [-0.1, -0.05) is 331 Å². The quantitative estimate of drug-likeness (QED) is 0.0199. The second kappa shape index (κ2) is 67.7. The molecular formula is C88H159NO18. The summed E-state index contributed by atoms with van der Waals surface area (Å²) in [6.07, 6.45) is 63.3. The SMILES string of the molecule is CCCCCCC/C=C\C/C=C\C/C=C\CCCCCCCCCCCCCCCCCCCCC(=O)NC(COC1OC(CO)C(OC2OC(CO)C(OC3OC(CO)C(O)C(O)C3O)C(O)C2O)C(O)C1O)C(O)/C=C/CC/C=C/CC/C=C/CCCCCCCCCCCCCCCCCCCCC. The van der Waals surface area contributed by atoms with Crippen LogP contribution in [0, 0.1) is 0 Å². The Morgan fingerprint density at radius 1 is 0.336 bits per heavy atom. The van der Waals surface area contributed by atoms with E-state index in [1.807, 2.05) is 6.08 Å². The van der Waals surface area contributed by atoms with Crippen LogP contribution in [0.25, 0.3) is 0 Å². The Bertz CT molecular complexity index is 2210. The van der Waals surface area contributed by atoms with Gasteiger partial charge in [-0.2, -0.15) is 0 Å². The topological polar surface area (TPSA) is 307 Å². The summed E-state index contributed by atoms with van der Waals surface area (Å²) in [4.78, 5) is 13.5. The monoisotopic (exact) mass is 1520 g/mol. The molecule has 0 aromatic heterocycles. The molecule has 3 saturated heterocycles. The normalized spacial score (nSPS) is 25.9. The standard InChI is InChI=1S/C88H159NO18/c1-3-5-7-9-11-13-15-17-19-21-23-25-27-29-31-33-34-35-36-38-40-42-44-46-48-50-52-54-56-58-60-62-64-66-76(94)89-71(72(93)65-63-61-59-57-55-53-51-49-47-45-43-41-39-37-32-30-28-26-24-22-20-18-16-14-12-10-8-6-4-2)70-102-86-82(100)79(97)84(74(68-91)104-86)107-88-83(101)80(98)85(75(69-92)105-88)106-87-81(99)78(96)77(95)73(67-90)103-87/h15,17,21,23,27,29,47,49,55,57,63,65,71-75,77-88,90-93,95-101H,3-14,16,18-20,22,24-26,28,30-46,48,50-54,56,58-62,64,66-70H2,1-2H3,(H,89,94)/b17-15-,23-21-,29-27-,49-47+,57-55+,65-63+. The first-order valence-electron chi connectivity index (χ1n) is 43.7. The minimum atomic E-state index is -1.99. The summed E-state index contributed by atoms with van der Waals surface area (Å²) in [6, 6.07) is -1.00. The lowest BCUT2D eigenvalue weighted by Crippen LogP contribution is -2.66. The number of hydrogen-bond donors (Lipinski definition) is 12. The van der Waals surface area contributed by atoms with Crippen molar-refractivity contribution in [1.82, 2.24) is 5.32 Å². The van der Waals surface area contributed by atoms with E-state index in [1.165, 1.54) is 257 Å². The maximum absolute atomic E-state index is 13.5. The summed E-state index contributed by atoms with van der Waals surface area (Å²) >= 11 is 0. The molecule has 0 saturated carbocycles. The average Bonchev–Trinajstić information content (AvgIpc) is 0.782. The number of carbonyl (C=O) groups is 1. The molecule has 1 amide bonds. The summed E-state index contributed by atoms with van der Waals surface area (Å²) in [6.45, 7) is 1.74. The first-order chi connectivity index (χ1) is 52.3. The predicted molar refractivity (Wildman–Crippen MR) is 429 cm³/mol. The van der Waals surface area contributed by atoms with Gasteiger partial charge >= 0.3 is 0 Å². The number of amides is 1. The van der Waals surface area contributed by atoms with Crippen molar-refractivity contribution >= 4 is 5.91 Å². The molecule has 624 valence electrons. The van der Waals surface area contributed by atoms with Crippen LogP contribution in [0.3, 0.4) is 0 Å². The van der Waals surface area contributed by atoms with Crippen molar-refractivity contribution in [1.29, 1.82) is 0 Å². The van der Waals surface area contributed by atoms with E-state index in [0.717, 1.165) is 57.8 Å². The van der Waals surface area contributed by atoms with Crippen LogP contribution in [0.15, 0.2) is 72.9 Å². The summed E-state index contributed by atoms with van der Waals surface area (Å²) in [5, 5.41) is 121. The van der Waals surface area contributed by atoms with Gasteiger partial charge in [0.1, 0.15) is 73.2 Å². The lowest BCUT2D eigenvalue weighted by molar-refractivity contribution is -0.379. The molecule has 17 atom stereocenters. The van der Waals surface area contributed by atoms with E-state index in [9.17, 15) is 61.0 Å². The average molecular weight is 1520 g/mol. The van der Waals surface area contributed by atoms with Crippen molar-refractivity contribution in [2.75, 3.05) is 26.4 Å². The lowest BCUT2D eigenvalue weighted by atomic mass is 9.96. The van der Waals surface area contributed by atoms with Crippen molar-refractivity contribution in [2.24, 2.45) is 0 Å². The van der Waals surface area contributed by atoms with Gasteiger partial charge in [0.25, 0.3) is 0 Å². The van der Waals surface area contributed by atoms with Crippen molar-refractivity contribution in [3.05, 3.63) is 72.9 Å². The largest absolute Gasteiger partial charge is 0.394 e. The van der Waals surface area contributed by atoms with E-state index in [2.05, 4.69) is 79.9 Å². The number of carbonyl (C=O) groups excluding carboxylic acids is 1. The van der Waals surface area contributed by atoms with E-state index in [1.54, 1.807) is 6.08 Å². The highest BCUT2D eigenvalue weighted by molar-refractivity contribution is 5.76. The number of aliphatic hydroxyl groups excluding tert-OH is 11. The number of allylic oxidation sites excluding steroid dienone is 11. The van der Waals surface area contributed by atoms with E-state index in [4.69, 9.17) is 28.4 Å². The van der Waals surface area contributed by atoms with Crippen LogP contribution in [0.5, 0.6) is 0 Å². The van der Waals surface area contributed by atoms with Crippen molar-refractivity contribution in [2.45, 2.75) is 452 Å². The third-order valence-corrected chi connectivity index (χ3v) is 21.5. The van der Waals surface area contributed by atoms with Crippen LogP contribution >= 0.6 is 0 Å². The zero-order valence-electron chi connectivity index (χ0n) is 67.1. The maximum atomic E-state index is 13.5. The van der Waals surface area contributed by atoms with Crippen LogP contribution < -0.4 is 5.32 Å². The van der Waals surface area contributed by atoms with Gasteiger partial charge in [0.2, 0.25) is 5.91 Å². The molecule has 107 heavy (non-hydrogen) atoms. The van der Waals surface area contributed by atoms with E-state index in [-0.39, 0.29) is 18.9 Å². The Morgan fingerprint density at radius 3 is 1.00 bits per heavy atom. The Hall–Kier alpha value is -2.77. The molecule has 3 heterocycles. The predicted octanol–water partition coefficient (Wildman–Crippen LogP) is 16.0. The van der Waals surface area contributed by atoms with Crippen LogP contribution in [0.4, 0.5) is 0 Å². The van der Waals surface area contributed by atoms with Gasteiger partial charge in [-0.25, -0.2) is 0 Å². The molecule has 19 nitrogen and oxygen atoms in total. The lowest BCUT2D eigenvalue weighted by Gasteiger charge is -2.48. The molecule has 3 rings (SSSR count). The van der Waals surface area contributed by atoms with Gasteiger partial charge in [0.05, 0.1) is 38.6 Å². The Labute approximate surface area is 648 Å². The van der Waals surface area contributed by atoms with Gasteiger partial charge in [0, 0.05) is 6.42 Å². The van der Waals surface area contributed by atoms with E-state index in [0.29, 0.717) is 12.8 Å². The summed E-state index contributed by atoms with van der Waals surface area (Å²) in [5.74, 6) is -0.286. The van der Waals surface area contributed by atoms with Crippen molar-refractivity contribution in [3.63, 3.8) is 0 Å². The molecule has 12 N–H and O–H groups in total. The third-order valence-electron chi connectivity index (χ3n) is 21.5. The van der Waals surface area contributed by atoms with Gasteiger partial charge < -0.3 is 89.9 Å². The second-order valence-electron chi connectivity index (χ2n) is 31.0. The highest BCUT2D eigenvalue weighted by atomic mass is 16.8. The number of hydrogen-bond acceptors (Lipinski definition) is 18. The smallest absolute Gasteiger partial charge is 0.220 e. The fraction of sp³-hybridized carbons (Fsp3) is 0.852. The third kappa shape index (κ3) is 46.9. The zero-order valence-corrected chi connectivity index (χ0v) is 67.1. The van der Waals surface area contributed by atoms with Gasteiger partial charge in [-0.05, 0) is 83.5 Å².